The van der Waals surface area contributed by atoms with Crippen molar-refractivity contribution in [1.82, 2.24) is 0 Å². The van der Waals surface area contributed by atoms with Crippen molar-refractivity contribution in [3.05, 3.63) is 91.0 Å². The molecule has 0 aliphatic heterocycles. The van der Waals surface area contributed by atoms with Crippen molar-refractivity contribution >= 4 is 45.9 Å². The molecule has 0 saturated carbocycles. The number of halogens is 1. The van der Waals surface area contributed by atoms with Crippen LogP contribution in [0.15, 0.2) is 91.0 Å². The molecule has 0 atom stereocenters. The first-order valence-electron chi connectivity index (χ1n) is 7.78. The lowest BCUT2D eigenvalue weighted by atomic mass is 10.4. The smallest absolute Gasteiger partial charge is 0.168 e. The van der Waals surface area contributed by atoms with Gasteiger partial charge in [-0.2, -0.15) is 0 Å². The first-order valence-corrected chi connectivity index (χ1v) is 9.75. The van der Waals surface area contributed by atoms with Gasteiger partial charge in [-0.1, -0.05) is 54.6 Å². The first kappa shape index (κ1) is 18.6. The van der Waals surface area contributed by atoms with Gasteiger partial charge in [0.2, 0.25) is 0 Å². The van der Waals surface area contributed by atoms with Crippen LogP contribution in [0.2, 0.25) is 0 Å². The fourth-order valence-corrected chi connectivity index (χ4v) is 7.26. The van der Waals surface area contributed by atoms with Crippen LogP contribution >= 0.6 is 24.2 Å². The van der Waals surface area contributed by atoms with Crippen LogP contribution in [-0.4, -0.2) is 11.9 Å². The van der Waals surface area contributed by atoms with Crippen LogP contribution in [0.5, 0.6) is 0 Å². The molecule has 0 amide bonds. The van der Waals surface area contributed by atoms with E-state index in [9.17, 15) is 4.79 Å². The normalized spacial score (nSPS) is 10.7. The van der Waals surface area contributed by atoms with Gasteiger partial charge in [-0.3, -0.25) is 4.79 Å². The van der Waals surface area contributed by atoms with E-state index in [-0.39, 0.29) is 22.8 Å². The van der Waals surface area contributed by atoms with Gasteiger partial charge in [-0.05, 0) is 43.3 Å². The van der Waals surface area contributed by atoms with Crippen molar-refractivity contribution in [1.29, 1.82) is 0 Å². The molecule has 0 N–H and O–H groups in total. The maximum atomic E-state index is 12.2. The molecule has 0 bridgehead atoms. The number of carbonyl (C=O) groups is 1. The molecule has 0 aliphatic carbocycles. The van der Waals surface area contributed by atoms with E-state index in [1.807, 2.05) is 18.2 Å². The number of carbonyl (C=O) groups excluding carboxylic acids is 1. The second kappa shape index (κ2) is 8.37. The molecule has 0 aromatic heterocycles. The Balaban J connectivity index is 0.00000208. The van der Waals surface area contributed by atoms with Gasteiger partial charge < -0.3 is 0 Å². The number of Topliss-reactive ketones (excluding diaryl/α,β-unsaturated/α-hetero) is 1. The lowest BCUT2D eigenvalue weighted by molar-refractivity contribution is -0.114. The summed E-state index contributed by atoms with van der Waals surface area (Å²) in [7, 11) is -1.96. The average Bonchev–Trinajstić information content (AvgIpc) is 2.62. The molecule has 3 aromatic carbocycles. The predicted molar refractivity (Wildman–Crippen MR) is 111 cm³/mol. The van der Waals surface area contributed by atoms with Crippen molar-refractivity contribution in [3.8, 4) is 0 Å². The minimum Gasteiger partial charge on any atom is -0.296 e. The molecular weight excluding hydrogens is 379 g/mol. The van der Waals surface area contributed by atoms with Crippen LogP contribution in [0.3, 0.4) is 0 Å². The van der Waals surface area contributed by atoms with E-state index >= 15 is 0 Å². The molecule has 3 rings (SSSR count). The molecule has 0 saturated heterocycles. The Bertz CT molecular complexity index is 676. The zero-order valence-electron chi connectivity index (χ0n) is 13.6. The van der Waals surface area contributed by atoms with Gasteiger partial charge >= 0.3 is 0 Å². The summed E-state index contributed by atoms with van der Waals surface area (Å²) in [6.07, 6.45) is 0.561. The summed E-state index contributed by atoms with van der Waals surface area (Å²) in [6, 6.07) is 31.5. The molecule has 122 valence electrons. The van der Waals surface area contributed by atoms with Crippen molar-refractivity contribution in [2.45, 2.75) is 6.92 Å². The maximum absolute atomic E-state index is 12.2. The Kier molecular flexibility index (Phi) is 6.48. The van der Waals surface area contributed by atoms with Gasteiger partial charge in [0.15, 0.2) is 5.78 Å². The minimum atomic E-state index is -1.96. The molecule has 0 heterocycles. The van der Waals surface area contributed by atoms with E-state index in [2.05, 4.69) is 72.8 Å². The molecule has 0 spiro atoms. The predicted octanol–water partition coefficient (Wildman–Crippen LogP) is 4.15. The first-order chi connectivity index (χ1) is 11.2. The van der Waals surface area contributed by atoms with E-state index in [1.54, 1.807) is 6.92 Å². The van der Waals surface area contributed by atoms with Gasteiger partial charge in [-0.25, -0.2) is 0 Å². The molecule has 3 heteroatoms. The van der Waals surface area contributed by atoms with Crippen molar-refractivity contribution in [3.63, 3.8) is 0 Å². The number of ketones is 1. The number of hydrogen-bond acceptors (Lipinski definition) is 1. The number of rotatable bonds is 5. The molecule has 24 heavy (non-hydrogen) atoms. The van der Waals surface area contributed by atoms with E-state index in [1.165, 1.54) is 15.9 Å². The third kappa shape index (κ3) is 3.66. The highest BCUT2D eigenvalue weighted by atomic mass is 79.9. The quantitative estimate of drug-likeness (QED) is 0.589. The Hall–Kier alpha value is -1.76. The number of benzene rings is 3. The average molecular weight is 400 g/mol. The maximum Gasteiger partial charge on any atom is 0.168 e. The van der Waals surface area contributed by atoms with Crippen LogP contribution in [-0.2, 0) is 4.79 Å². The zero-order valence-corrected chi connectivity index (χ0v) is 16.2. The SMILES string of the molecule is Br.CC(=O)C[P+](c1ccccc1)(c1ccccc1)c1ccccc1. The molecular formula is C21H21BrOP+. The lowest BCUT2D eigenvalue weighted by Gasteiger charge is -2.26. The van der Waals surface area contributed by atoms with Crippen LogP contribution in [0, 0.1) is 0 Å². The highest BCUT2D eigenvalue weighted by Gasteiger charge is 2.46. The largest absolute Gasteiger partial charge is 0.296 e. The summed E-state index contributed by atoms with van der Waals surface area (Å²) in [5.41, 5.74) is 0. The zero-order chi connectivity index (χ0) is 16.1. The van der Waals surface area contributed by atoms with E-state index < -0.39 is 7.26 Å². The number of hydrogen-bond donors (Lipinski definition) is 0. The van der Waals surface area contributed by atoms with E-state index in [4.69, 9.17) is 0 Å². The third-order valence-corrected chi connectivity index (χ3v) is 8.51. The Morgan fingerprint density at radius 2 is 0.958 bits per heavy atom. The molecule has 0 aliphatic rings. The van der Waals surface area contributed by atoms with E-state index in [0.29, 0.717) is 6.16 Å². The fourth-order valence-electron chi connectivity index (χ4n) is 3.10. The summed E-state index contributed by atoms with van der Waals surface area (Å²) in [4.78, 5) is 12.2. The topological polar surface area (TPSA) is 17.1 Å². The monoisotopic (exact) mass is 399 g/mol. The minimum absolute atomic E-state index is 0. The standard InChI is InChI=1S/C21H20OP.BrH/c1-18(22)17-23(19-11-5-2-6-12-19,20-13-7-3-8-14-20)21-15-9-4-10-16-21;/h2-16H,17H2,1H3;1H/q+1;. The summed E-state index contributed by atoms with van der Waals surface area (Å²) in [6.45, 7) is 1.70. The van der Waals surface area contributed by atoms with Gasteiger partial charge in [0.25, 0.3) is 0 Å². The second-order valence-corrected chi connectivity index (χ2v) is 9.16. The molecule has 0 unspecified atom stereocenters. The van der Waals surface area contributed by atoms with Gasteiger partial charge in [0.05, 0.1) is 0 Å². The Labute approximate surface area is 154 Å². The van der Waals surface area contributed by atoms with Crippen molar-refractivity contribution < 1.29 is 4.79 Å². The molecule has 0 fully saturated rings. The van der Waals surface area contributed by atoms with Crippen LogP contribution < -0.4 is 15.9 Å². The summed E-state index contributed by atoms with van der Waals surface area (Å²) in [5.74, 6) is 0.231. The van der Waals surface area contributed by atoms with Gasteiger partial charge in [0, 0.05) is 0 Å². The highest BCUT2D eigenvalue weighted by molar-refractivity contribution is 8.93. The summed E-state index contributed by atoms with van der Waals surface area (Å²) in [5, 5.41) is 3.77. The highest BCUT2D eigenvalue weighted by Crippen LogP contribution is 2.55. The second-order valence-electron chi connectivity index (χ2n) is 5.68. The van der Waals surface area contributed by atoms with Crippen LogP contribution in [0.1, 0.15) is 6.92 Å². The lowest BCUT2D eigenvalue weighted by Crippen LogP contribution is -2.35. The molecule has 1 nitrogen and oxygen atoms in total. The summed E-state index contributed by atoms with van der Waals surface area (Å²) >= 11 is 0. The Morgan fingerprint density at radius 3 is 1.21 bits per heavy atom. The van der Waals surface area contributed by atoms with Gasteiger partial charge in [-0.15, -0.1) is 17.0 Å². The van der Waals surface area contributed by atoms with Crippen LogP contribution in [0.25, 0.3) is 0 Å². The molecule has 3 aromatic rings. The summed E-state index contributed by atoms with van der Waals surface area (Å²) < 4.78 is 0. The molecule has 0 radical (unpaired) electrons. The third-order valence-electron chi connectivity index (χ3n) is 4.05. The van der Waals surface area contributed by atoms with E-state index in [0.717, 1.165) is 0 Å². The van der Waals surface area contributed by atoms with Crippen LogP contribution in [0.4, 0.5) is 0 Å². The Morgan fingerprint density at radius 1 is 0.667 bits per heavy atom. The van der Waals surface area contributed by atoms with Crippen molar-refractivity contribution in [2.75, 3.05) is 6.16 Å². The fraction of sp³-hybridized carbons (Fsp3) is 0.0952. The van der Waals surface area contributed by atoms with Gasteiger partial charge in [0.1, 0.15) is 29.3 Å². The van der Waals surface area contributed by atoms with Crippen molar-refractivity contribution in [2.24, 2.45) is 0 Å².